The number of aliphatic hydroxyl groups excluding tert-OH is 4. The zero-order valence-electron chi connectivity index (χ0n) is 26.2. The fraction of sp³-hybridized carbons (Fsp3) is 0.788. The van der Waals surface area contributed by atoms with Gasteiger partial charge < -0.3 is 40.0 Å². The summed E-state index contributed by atoms with van der Waals surface area (Å²) in [6, 6.07) is 4.85. The number of benzene rings is 1. The average Bonchev–Trinajstić information content (AvgIpc) is 3.00. The summed E-state index contributed by atoms with van der Waals surface area (Å²) in [7, 11) is 1.34. The number of halogens is 1. The minimum atomic E-state index is -1.36. The Morgan fingerprint density at radius 3 is 2.02 bits per heavy atom. The molecule has 1 fully saturated rings. The molecule has 43 heavy (non-hydrogen) atoms. The number of amides is 1. The summed E-state index contributed by atoms with van der Waals surface area (Å²) in [5.41, 5.74) is 0.627. The van der Waals surface area contributed by atoms with Crippen LogP contribution in [-0.2, 0) is 25.4 Å². The van der Waals surface area contributed by atoms with Gasteiger partial charge in [-0.25, -0.2) is 4.39 Å². The van der Waals surface area contributed by atoms with E-state index in [4.69, 9.17) is 14.2 Å². The number of hydrogen-bond donors (Lipinski definition) is 5. The second-order valence-electron chi connectivity index (χ2n) is 11.8. The van der Waals surface area contributed by atoms with Gasteiger partial charge in [0.1, 0.15) is 30.2 Å². The van der Waals surface area contributed by atoms with Gasteiger partial charge in [0, 0.05) is 7.11 Å². The van der Waals surface area contributed by atoms with Gasteiger partial charge in [-0.15, -0.1) is 0 Å². The third kappa shape index (κ3) is 14.3. The number of aliphatic hydroxyl groups is 4. The number of ether oxygens (including phenoxy) is 3. The molecule has 0 spiro atoms. The molecule has 0 aliphatic carbocycles. The van der Waals surface area contributed by atoms with Crippen LogP contribution in [0.3, 0.4) is 0 Å². The molecular weight excluding hydrogens is 557 g/mol. The lowest BCUT2D eigenvalue weighted by molar-refractivity contribution is -0.307. The number of carbonyl (C=O) groups excluding carboxylic acids is 1. The van der Waals surface area contributed by atoms with Gasteiger partial charge in [0.25, 0.3) is 0 Å². The Hall–Kier alpha value is -1.66. The van der Waals surface area contributed by atoms with Crippen molar-refractivity contribution in [2.45, 2.75) is 146 Å². The van der Waals surface area contributed by atoms with E-state index in [0.29, 0.717) is 12.0 Å². The van der Waals surface area contributed by atoms with E-state index in [-0.39, 0.29) is 18.9 Å². The molecule has 1 amide bonds. The Balaban J connectivity index is 1.82. The van der Waals surface area contributed by atoms with Crippen molar-refractivity contribution in [2.75, 3.05) is 20.3 Å². The number of hydrogen-bond acceptors (Lipinski definition) is 8. The lowest BCUT2D eigenvalue weighted by Gasteiger charge is -2.41. The second-order valence-corrected chi connectivity index (χ2v) is 11.8. The quantitative estimate of drug-likeness (QED) is 0.116. The highest BCUT2D eigenvalue weighted by Gasteiger charge is 2.45. The summed E-state index contributed by atoms with van der Waals surface area (Å²) in [5, 5.41) is 44.0. The van der Waals surface area contributed by atoms with E-state index in [2.05, 4.69) is 12.2 Å². The normalized spacial score (nSPS) is 23.7. The van der Waals surface area contributed by atoms with Crippen LogP contribution in [-0.4, -0.2) is 89.5 Å². The van der Waals surface area contributed by atoms with Crippen molar-refractivity contribution < 1.29 is 43.8 Å². The summed E-state index contributed by atoms with van der Waals surface area (Å²) < 4.78 is 30.0. The van der Waals surface area contributed by atoms with Crippen LogP contribution in [0.4, 0.5) is 4.39 Å². The van der Waals surface area contributed by atoms with E-state index in [0.717, 1.165) is 19.3 Å². The molecular formula is C33H56FNO8. The van der Waals surface area contributed by atoms with Crippen LogP contribution in [0.5, 0.6) is 0 Å². The Labute approximate surface area is 257 Å². The number of methoxy groups -OCH3 is 1. The van der Waals surface area contributed by atoms with Crippen LogP contribution in [0.25, 0.3) is 0 Å². The van der Waals surface area contributed by atoms with Crippen LogP contribution in [0.2, 0.25) is 0 Å². The standard InChI is InChI=1S/C33H56FNO8/c1-3-4-5-6-7-8-9-10-11-12-13-14-15-16-27(37)26(35-29(38)21-24-17-19-25(34)20-18-24)23-42-33-32(41-2)31(40)30(39)28(22-36)43-33/h17-20,26-28,30-33,36-37,39-40H,3-16,21-23H2,1-2H3,(H,35,38)/t26-,27+,28?,30?,31?,32?,33+/m0/s1. The largest absolute Gasteiger partial charge is 0.394 e. The fourth-order valence-electron chi connectivity index (χ4n) is 5.51. The fourth-order valence-corrected chi connectivity index (χ4v) is 5.51. The number of rotatable bonds is 23. The van der Waals surface area contributed by atoms with Crippen molar-refractivity contribution in [3.8, 4) is 0 Å². The van der Waals surface area contributed by atoms with Crippen molar-refractivity contribution in [3.05, 3.63) is 35.6 Å². The third-order valence-corrected chi connectivity index (χ3v) is 8.23. The molecule has 5 N–H and O–H groups in total. The summed E-state index contributed by atoms with van der Waals surface area (Å²) in [4.78, 5) is 12.8. The molecule has 1 heterocycles. The van der Waals surface area contributed by atoms with Gasteiger partial charge in [-0.3, -0.25) is 4.79 Å². The average molecular weight is 614 g/mol. The first-order valence-corrected chi connectivity index (χ1v) is 16.3. The van der Waals surface area contributed by atoms with Gasteiger partial charge in [-0.05, 0) is 24.1 Å². The number of unbranched alkanes of at least 4 members (excludes halogenated alkanes) is 12. The molecule has 0 aromatic heterocycles. The van der Waals surface area contributed by atoms with E-state index in [9.17, 15) is 29.6 Å². The van der Waals surface area contributed by atoms with Gasteiger partial charge in [-0.1, -0.05) is 103 Å². The molecule has 4 unspecified atom stereocenters. The molecule has 1 aliphatic heterocycles. The van der Waals surface area contributed by atoms with Gasteiger partial charge >= 0.3 is 0 Å². The van der Waals surface area contributed by atoms with Crippen molar-refractivity contribution in [2.24, 2.45) is 0 Å². The Bertz CT molecular complexity index is 860. The summed E-state index contributed by atoms with van der Waals surface area (Å²) >= 11 is 0. The lowest BCUT2D eigenvalue weighted by atomic mass is 9.99. The molecule has 2 rings (SSSR count). The minimum absolute atomic E-state index is 0.000355. The van der Waals surface area contributed by atoms with Crippen molar-refractivity contribution in [1.82, 2.24) is 5.32 Å². The molecule has 0 radical (unpaired) electrons. The second kappa shape index (κ2) is 21.9. The van der Waals surface area contributed by atoms with Crippen molar-refractivity contribution in [1.29, 1.82) is 0 Å². The molecule has 1 aliphatic rings. The predicted octanol–water partition coefficient (Wildman–Crippen LogP) is 4.17. The van der Waals surface area contributed by atoms with E-state index in [1.807, 2.05) is 0 Å². The zero-order valence-corrected chi connectivity index (χ0v) is 26.2. The highest BCUT2D eigenvalue weighted by atomic mass is 19.1. The maximum absolute atomic E-state index is 13.3. The lowest BCUT2D eigenvalue weighted by Crippen LogP contribution is -2.60. The van der Waals surface area contributed by atoms with Gasteiger partial charge in [0.05, 0.1) is 31.8 Å². The highest BCUT2D eigenvalue weighted by Crippen LogP contribution is 2.24. The van der Waals surface area contributed by atoms with Crippen LogP contribution in [0.15, 0.2) is 24.3 Å². The Morgan fingerprint density at radius 2 is 1.49 bits per heavy atom. The SMILES string of the molecule is CCCCCCCCCCCCCCC[C@@H](O)[C@H](CO[C@@H]1OC(CO)C(O)C(O)C1OC)NC(=O)Cc1ccc(F)cc1. The van der Waals surface area contributed by atoms with Gasteiger partial charge in [0.15, 0.2) is 6.29 Å². The molecule has 248 valence electrons. The maximum Gasteiger partial charge on any atom is 0.224 e. The summed E-state index contributed by atoms with van der Waals surface area (Å²) in [5.74, 6) is -0.751. The Morgan fingerprint density at radius 1 is 0.930 bits per heavy atom. The smallest absolute Gasteiger partial charge is 0.224 e. The third-order valence-electron chi connectivity index (χ3n) is 8.23. The molecule has 1 aromatic rings. The first-order chi connectivity index (χ1) is 20.8. The van der Waals surface area contributed by atoms with E-state index in [1.165, 1.54) is 95.6 Å². The molecule has 10 heteroatoms. The zero-order chi connectivity index (χ0) is 31.5. The highest BCUT2D eigenvalue weighted by molar-refractivity contribution is 5.78. The van der Waals surface area contributed by atoms with Crippen LogP contribution < -0.4 is 5.32 Å². The number of carbonyl (C=O) groups is 1. The predicted molar refractivity (Wildman–Crippen MR) is 163 cm³/mol. The monoisotopic (exact) mass is 613 g/mol. The van der Waals surface area contributed by atoms with Crippen LogP contribution >= 0.6 is 0 Å². The van der Waals surface area contributed by atoms with Gasteiger partial charge in [-0.2, -0.15) is 0 Å². The first-order valence-electron chi connectivity index (χ1n) is 16.3. The maximum atomic E-state index is 13.3. The topological polar surface area (TPSA) is 138 Å². The Kier molecular flexibility index (Phi) is 19.2. The van der Waals surface area contributed by atoms with E-state index >= 15 is 0 Å². The first kappa shape index (κ1) is 37.5. The summed E-state index contributed by atoms with van der Waals surface area (Å²) in [6.45, 7) is 1.55. The van der Waals surface area contributed by atoms with E-state index in [1.54, 1.807) is 0 Å². The molecule has 1 saturated heterocycles. The summed E-state index contributed by atoms with van der Waals surface area (Å²) in [6.07, 6.45) is 9.41. The molecule has 1 aromatic carbocycles. The number of nitrogens with one attached hydrogen (secondary N) is 1. The van der Waals surface area contributed by atoms with E-state index < -0.39 is 55.3 Å². The van der Waals surface area contributed by atoms with Crippen molar-refractivity contribution in [3.63, 3.8) is 0 Å². The van der Waals surface area contributed by atoms with Crippen LogP contribution in [0, 0.1) is 5.82 Å². The van der Waals surface area contributed by atoms with Gasteiger partial charge in [0.2, 0.25) is 5.91 Å². The van der Waals surface area contributed by atoms with Crippen molar-refractivity contribution >= 4 is 5.91 Å². The van der Waals surface area contributed by atoms with Crippen LogP contribution in [0.1, 0.15) is 102 Å². The molecule has 0 saturated carbocycles. The molecule has 0 bridgehead atoms. The minimum Gasteiger partial charge on any atom is -0.394 e. The molecule has 7 atom stereocenters. The molecule has 9 nitrogen and oxygen atoms in total.